The molecule has 0 aliphatic rings. The van der Waals surface area contributed by atoms with Gasteiger partial charge in [0.25, 0.3) is 0 Å². The van der Waals surface area contributed by atoms with Gasteiger partial charge in [0.15, 0.2) is 0 Å². The first-order valence-electron chi connectivity index (χ1n) is 7.47. The van der Waals surface area contributed by atoms with Gasteiger partial charge in [-0.1, -0.05) is 47.5 Å². The second-order valence-electron chi connectivity index (χ2n) is 5.22. The first-order valence-corrected chi connectivity index (χ1v) is 7.47. The molecule has 0 heterocycles. The van der Waals surface area contributed by atoms with E-state index >= 15 is 0 Å². The van der Waals surface area contributed by atoms with Crippen molar-refractivity contribution in [2.24, 2.45) is 11.8 Å². The number of ether oxygens (including phenoxy) is 1. The summed E-state index contributed by atoms with van der Waals surface area (Å²) in [5.74, 6) is 1.30. The lowest BCUT2D eigenvalue weighted by molar-refractivity contribution is -0.0130. The number of nitrogens with one attached hydrogen (secondary N) is 1. The molecule has 0 radical (unpaired) electrons. The molecule has 0 rings (SSSR count). The number of rotatable bonds is 10. The van der Waals surface area contributed by atoms with Crippen molar-refractivity contribution in [3.8, 4) is 0 Å². The Morgan fingerprint density at radius 2 is 1.59 bits per heavy atom. The molecular weight excluding hydrogens is 210 g/mol. The molecule has 0 bridgehead atoms. The third kappa shape index (κ3) is 5.87. The summed E-state index contributed by atoms with van der Waals surface area (Å²) in [5.41, 5.74) is 0. The van der Waals surface area contributed by atoms with Crippen LogP contribution in [0.3, 0.4) is 0 Å². The van der Waals surface area contributed by atoms with Gasteiger partial charge in [-0.25, -0.2) is 0 Å². The van der Waals surface area contributed by atoms with Crippen LogP contribution in [0.1, 0.15) is 60.8 Å². The first-order chi connectivity index (χ1) is 8.12. The Kier molecular flexibility index (Phi) is 9.85. The Morgan fingerprint density at radius 3 is 1.94 bits per heavy atom. The summed E-state index contributed by atoms with van der Waals surface area (Å²) in [6, 6.07) is 0.505. The van der Waals surface area contributed by atoms with E-state index in [0.717, 1.165) is 19.1 Å². The topological polar surface area (TPSA) is 21.3 Å². The molecule has 0 amide bonds. The maximum atomic E-state index is 5.98. The highest BCUT2D eigenvalue weighted by atomic mass is 16.5. The summed E-state index contributed by atoms with van der Waals surface area (Å²) < 4.78 is 5.98. The SMILES string of the molecule is CCCNC(C(CC)CC)C(OCC)C(C)C. The molecule has 0 saturated heterocycles. The average Bonchev–Trinajstić information content (AvgIpc) is 2.32. The fraction of sp³-hybridized carbons (Fsp3) is 1.00. The molecular formula is C15H33NO. The molecule has 17 heavy (non-hydrogen) atoms. The molecule has 0 fully saturated rings. The van der Waals surface area contributed by atoms with Crippen LogP contribution in [-0.4, -0.2) is 25.3 Å². The number of hydrogen-bond donors (Lipinski definition) is 1. The van der Waals surface area contributed by atoms with E-state index in [4.69, 9.17) is 4.74 Å². The highest BCUT2D eigenvalue weighted by molar-refractivity contribution is 4.85. The molecule has 2 unspecified atom stereocenters. The second kappa shape index (κ2) is 9.90. The molecule has 1 N–H and O–H groups in total. The molecule has 0 saturated carbocycles. The minimum atomic E-state index is 0.344. The molecule has 0 aromatic heterocycles. The normalized spacial score (nSPS) is 15.5. The third-order valence-corrected chi connectivity index (χ3v) is 3.56. The van der Waals surface area contributed by atoms with E-state index in [0.29, 0.717) is 18.1 Å². The zero-order valence-corrected chi connectivity index (χ0v) is 12.8. The Bertz CT molecular complexity index is 166. The maximum Gasteiger partial charge on any atom is 0.0753 e. The van der Waals surface area contributed by atoms with Crippen molar-refractivity contribution in [3.63, 3.8) is 0 Å². The van der Waals surface area contributed by atoms with Gasteiger partial charge < -0.3 is 10.1 Å². The van der Waals surface area contributed by atoms with Crippen LogP contribution >= 0.6 is 0 Å². The Balaban J connectivity index is 4.69. The van der Waals surface area contributed by atoms with Crippen molar-refractivity contribution in [2.75, 3.05) is 13.2 Å². The minimum absolute atomic E-state index is 0.344. The zero-order chi connectivity index (χ0) is 13.3. The lowest BCUT2D eigenvalue weighted by Gasteiger charge is -2.36. The van der Waals surface area contributed by atoms with E-state index in [1.165, 1.54) is 19.3 Å². The molecule has 2 atom stereocenters. The lowest BCUT2D eigenvalue weighted by Crippen LogP contribution is -2.49. The van der Waals surface area contributed by atoms with Gasteiger partial charge in [0, 0.05) is 12.6 Å². The van der Waals surface area contributed by atoms with Gasteiger partial charge in [-0.15, -0.1) is 0 Å². The van der Waals surface area contributed by atoms with E-state index in [1.807, 2.05) is 0 Å². The molecule has 2 nitrogen and oxygen atoms in total. The zero-order valence-electron chi connectivity index (χ0n) is 12.8. The molecule has 2 heteroatoms. The van der Waals surface area contributed by atoms with Crippen LogP contribution in [0.4, 0.5) is 0 Å². The monoisotopic (exact) mass is 243 g/mol. The van der Waals surface area contributed by atoms with Crippen molar-refractivity contribution in [1.29, 1.82) is 0 Å². The van der Waals surface area contributed by atoms with E-state index < -0.39 is 0 Å². The van der Waals surface area contributed by atoms with Crippen LogP contribution in [0.5, 0.6) is 0 Å². The van der Waals surface area contributed by atoms with E-state index in [-0.39, 0.29) is 0 Å². The molecule has 0 aliphatic carbocycles. The summed E-state index contributed by atoms with van der Waals surface area (Å²) in [7, 11) is 0. The van der Waals surface area contributed by atoms with Crippen LogP contribution in [0.25, 0.3) is 0 Å². The van der Waals surface area contributed by atoms with Gasteiger partial charge >= 0.3 is 0 Å². The third-order valence-electron chi connectivity index (χ3n) is 3.56. The van der Waals surface area contributed by atoms with Crippen molar-refractivity contribution in [3.05, 3.63) is 0 Å². The van der Waals surface area contributed by atoms with Gasteiger partial charge in [0.2, 0.25) is 0 Å². The standard InChI is InChI=1S/C15H33NO/c1-7-11-16-14(13(8-2)9-3)15(12(5)6)17-10-4/h12-16H,7-11H2,1-6H3. The van der Waals surface area contributed by atoms with Gasteiger partial charge in [-0.3, -0.25) is 0 Å². The van der Waals surface area contributed by atoms with Crippen LogP contribution in [0.15, 0.2) is 0 Å². The van der Waals surface area contributed by atoms with Crippen LogP contribution in [0, 0.1) is 11.8 Å². The second-order valence-corrected chi connectivity index (χ2v) is 5.22. The van der Waals surface area contributed by atoms with Gasteiger partial charge in [-0.2, -0.15) is 0 Å². The summed E-state index contributed by atoms with van der Waals surface area (Å²) >= 11 is 0. The van der Waals surface area contributed by atoms with Crippen LogP contribution < -0.4 is 5.32 Å². The van der Waals surface area contributed by atoms with E-state index in [2.05, 4.69) is 46.9 Å². The fourth-order valence-corrected chi connectivity index (χ4v) is 2.56. The summed E-state index contributed by atoms with van der Waals surface area (Å²) in [6.07, 6.45) is 3.99. The molecule has 0 spiro atoms. The number of hydrogen-bond acceptors (Lipinski definition) is 2. The Labute approximate surface area is 109 Å². The summed E-state index contributed by atoms with van der Waals surface area (Å²) in [6.45, 7) is 15.3. The van der Waals surface area contributed by atoms with Gasteiger partial charge in [-0.05, 0) is 31.7 Å². The van der Waals surface area contributed by atoms with Gasteiger partial charge in [0.05, 0.1) is 6.10 Å². The highest BCUT2D eigenvalue weighted by Gasteiger charge is 2.29. The first kappa shape index (κ1) is 16.9. The van der Waals surface area contributed by atoms with Crippen molar-refractivity contribution >= 4 is 0 Å². The quantitative estimate of drug-likeness (QED) is 0.629. The molecule has 0 aromatic carbocycles. The van der Waals surface area contributed by atoms with Crippen molar-refractivity contribution < 1.29 is 4.74 Å². The van der Waals surface area contributed by atoms with E-state index in [9.17, 15) is 0 Å². The van der Waals surface area contributed by atoms with E-state index in [1.54, 1.807) is 0 Å². The van der Waals surface area contributed by atoms with Crippen molar-refractivity contribution in [1.82, 2.24) is 5.32 Å². The fourth-order valence-electron chi connectivity index (χ4n) is 2.56. The molecule has 0 aliphatic heterocycles. The minimum Gasteiger partial charge on any atom is -0.377 e. The largest absolute Gasteiger partial charge is 0.377 e. The smallest absolute Gasteiger partial charge is 0.0753 e. The average molecular weight is 243 g/mol. The Morgan fingerprint density at radius 1 is 1.00 bits per heavy atom. The maximum absolute atomic E-state index is 5.98. The predicted molar refractivity (Wildman–Crippen MR) is 76.4 cm³/mol. The predicted octanol–water partition coefficient (Wildman–Crippen LogP) is 3.85. The lowest BCUT2D eigenvalue weighted by atomic mass is 9.85. The van der Waals surface area contributed by atoms with Crippen LogP contribution in [-0.2, 0) is 4.74 Å². The summed E-state index contributed by atoms with van der Waals surface area (Å²) in [4.78, 5) is 0. The van der Waals surface area contributed by atoms with Crippen LogP contribution in [0.2, 0.25) is 0 Å². The van der Waals surface area contributed by atoms with Crippen molar-refractivity contribution in [2.45, 2.75) is 73.0 Å². The van der Waals surface area contributed by atoms with Gasteiger partial charge in [0.1, 0.15) is 0 Å². The highest BCUT2D eigenvalue weighted by Crippen LogP contribution is 2.22. The Hall–Kier alpha value is -0.0800. The molecule has 104 valence electrons. The summed E-state index contributed by atoms with van der Waals surface area (Å²) in [5, 5.41) is 3.71. The molecule has 0 aromatic rings.